The van der Waals surface area contributed by atoms with Crippen LogP contribution in [0.25, 0.3) is 11.1 Å². The summed E-state index contributed by atoms with van der Waals surface area (Å²) in [6.45, 7) is 8.91. The minimum absolute atomic E-state index is 0.149. The largest absolute Gasteiger partial charge is 0.493 e. The molecule has 2 aromatic carbocycles. The fraction of sp³-hybridized carbons (Fsp3) is 0.379. The molecule has 37 heavy (non-hydrogen) atoms. The van der Waals surface area contributed by atoms with Gasteiger partial charge < -0.3 is 25.0 Å². The summed E-state index contributed by atoms with van der Waals surface area (Å²) >= 11 is 0. The van der Waals surface area contributed by atoms with Crippen LogP contribution >= 0.6 is 0 Å². The first-order valence-corrected chi connectivity index (χ1v) is 12.9. The standard InChI is InChI=1S/C29H35FN4O3/c1-4-36-26-16-21(17-27(37-5-2)29(26)22-6-8-23(30)9-7-22)19-34(24-12-14-31-15-13-24)25-10-11-28(32-18-25)33-20(3)35/h6-11,16-18,24,31H,4-5,12-15,19H2,1-3H3,(H,32,33,35). The molecular weight excluding hydrogens is 471 g/mol. The molecule has 0 bridgehead atoms. The fourth-order valence-corrected chi connectivity index (χ4v) is 4.73. The number of hydrogen-bond acceptors (Lipinski definition) is 6. The molecule has 1 aromatic heterocycles. The molecule has 8 heteroatoms. The van der Waals surface area contributed by atoms with E-state index in [-0.39, 0.29) is 11.7 Å². The van der Waals surface area contributed by atoms with Gasteiger partial charge in [-0.05, 0) is 87.3 Å². The highest BCUT2D eigenvalue weighted by atomic mass is 19.1. The fourth-order valence-electron chi connectivity index (χ4n) is 4.73. The second-order valence-corrected chi connectivity index (χ2v) is 9.03. The lowest BCUT2D eigenvalue weighted by molar-refractivity contribution is -0.114. The van der Waals surface area contributed by atoms with E-state index in [0.717, 1.165) is 48.3 Å². The van der Waals surface area contributed by atoms with Crippen LogP contribution in [0.1, 0.15) is 39.2 Å². The number of benzene rings is 2. The van der Waals surface area contributed by atoms with Crippen molar-refractivity contribution in [2.45, 2.75) is 46.2 Å². The third-order valence-corrected chi connectivity index (χ3v) is 6.34. The zero-order valence-corrected chi connectivity index (χ0v) is 21.7. The number of amides is 1. The molecule has 2 heterocycles. The topological polar surface area (TPSA) is 75.7 Å². The number of halogens is 1. The molecular formula is C29H35FN4O3. The Labute approximate surface area is 218 Å². The van der Waals surface area contributed by atoms with Crippen molar-refractivity contribution < 1.29 is 18.7 Å². The lowest BCUT2D eigenvalue weighted by atomic mass is 9.99. The van der Waals surface area contributed by atoms with Crippen molar-refractivity contribution in [2.75, 3.05) is 36.5 Å². The number of carbonyl (C=O) groups is 1. The average molecular weight is 507 g/mol. The minimum atomic E-state index is -0.285. The van der Waals surface area contributed by atoms with Crippen molar-refractivity contribution in [1.82, 2.24) is 10.3 Å². The molecule has 196 valence electrons. The lowest BCUT2D eigenvalue weighted by Gasteiger charge is -2.36. The molecule has 4 rings (SSSR count). The van der Waals surface area contributed by atoms with Gasteiger partial charge in [0.05, 0.1) is 30.7 Å². The second kappa shape index (κ2) is 12.5. The first-order valence-electron chi connectivity index (χ1n) is 12.9. The van der Waals surface area contributed by atoms with E-state index in [0.29, 0.717) is 43.1 Å². The van der Waals surface area contributed by atoms with Crippen molar-refractivity contribution in [3.63, 3.8) is 0 Å². The summed E-state index contributed by atoms with van der Waals surface area (Å²) in [4.78, 5) is 18.3. The van der Waals surface area contributed by atoms with Crippen LogP contribution in [-0.4, -0.2) is 43.2 Å². The molecule has 1 fully saturated rings. The molecule has 0 saturated carbocycles. The normalized spacial score (nSPS) is 13.7. The Kier molecular flexibility index (Phi) is 8.95. The summed E-state index contributed by atoms with van der Waals surface area (Å²) in [7, 11) is 0. The van der Waals surface area contributed by atoms with Crippen LogP contribution in [0, 0.1) is 5.82 Å². The number of carbonyl (C=O) groups excluding carboxylic acids is 1. The number of pyridine rings is 1. The molecule has 0 spiro atoms. The van der Waals surface area contributed by atoms with E-state index in [2.05, 4.69) is 32.7 Å². The van der Waals surface area contributed by atoms with Gasteiger partial charge in [-0.1, -0.05) is 12.1 Å². The summed E-state index contributed by atoms with van der Waals surface area (Å²) in [5.41, 5.74) is 3.69. The van der Waals surface area contributed by atoms with E-state index in [9.17, 15) is 9.18 Å². The molecule has 1 saturated heterocycles. The number of nitrogens with one attached hydrogen (secondary N) is 2. The molecule has 0 radical (unpaired) electrons. The Morgan fingerprint density at radius 2 is 1.70 bits per heavy atom. The van der Waals surface area contributed by atoms with Crippen LogP contribution in [0.2, 0.25) is 0 Å². The first-order chi connectivity index (χ1) is 18.0. The Bertz CT molecular complexity index is 1150. The number of rotatable bonds is 10. The summed E-state index contributed by atoms with van der Waals surface area (Å²) < 4.78 is 25.8. The van der Waals surface area contributed by atoms with Crippen LogP contribution < -0.4 is 25.0 Å². The maximum Gasteiger partial charge on any atom is 0.222 e. The number of hydrogen-bond donors (Lipinski definition) is 2. The molecule has 2 N–H and O–H groups in total. The lowest BCUT2D eigenvalue weighted by Crippen LogP contribution is -2.43. The Hall–Kier alpha value is -3.65. The first kappa shape index (κ1) is 26.4. The summed E-state index contributed by atoms with van der Waals surface area (Å²) in [5.74, 6) is 1.51. The maximum atomic E-state index is 13.6. The third kappa shape index (κ3) is 6.77. The van der Waals surface area contributed by atoms with E-state index in [4.69, 9.17) is 9.47 Å². The van der Waals surface area contributed by atoms with Gasteiger partial charge in [0.25, 0.3) is 0 Å². The van der Waals surface area contributed by atoms with Gasteiger partial charge in [0.15, 0.2) is 0 Å². The van der Waals surface area contributed by atoms with Gasteiger partial charge in [0, 0.05) is 19.5 Å². The highest BCUT2D eigenvalue weighted by Gasteiger charge is 2.24. The van der Waals surface area contributed by atoms with Gasteiger partial charge >= 0.3 is 0 Å². The molecule has 0 unspecified atom stereocenters. The zero-order chi connectivity index (χ0) is 26.2. The van der Waals surface area contributed by atoms with E-state index in [1.165, 1.54) is 19.1 Å². The highest BCUT2D eigenvalue weighted by molar-refractivity contribution is 5.87. The average Bonchev–Trinajstić information content (AvgIpc) is 2.89. The second-order valence-electron chi connectivity index (χ2n) is 9.03. The van der Waals surface area contributed by atoms with Crippen LogP contribution in [0.4, 0.5) is 15.9 Å². The van der Waals surface area contributed by atoms with Crippen molar-refractivity contribution in [2.24, 2.45) is 0 Å². The Morgan fingerprint density at radius 3 is 2.24 bits per heavy atom. The van der Waals surface area contributed by atoms with Crippen molar-refractivity contribution in [3.05, 3.63) is 66.1 Å². The van der Waals surface area contributed by atoms with Crippen molar-refractivity contribution in [1.29, 1.82) is 0 Å². The maximum absolute atomic E-state index is 13.6. The van der Waals surface area contributed by atoms with Gasteiger partial charge in [0.2, 0.25) is 5.91 Å². The number of ether oxygens (including phenoxy) is 2. The minimum Gasteiger partial charge on any atom is -0.493 e. The number of aromatic nitrogens is 1. The number of nitrogens with zero attached hydrogens (tertiary/aromatic N) is 2. The summed E-state index contributed by atoms with van der Waals surface area (Å²) in [5, 5.41) is 6.17. The molecule has 1 aliphatic rings. The summed E-state index contributed by atoms with van der Waals surface area (Å²) in [6, 6.07) is 14.7. The van der Waals surface area contributed by atoms with Crippen molar-refractivity contribution >= 4 is 17.4 Å². The van der Waals surface area contributed by atoms with E-state index in [1.54, 1.807) is 12.1 Å². The highest BCUT2D eigenvalue weighted by Crippen LogP contribution is 2.41. The SMILES string of the molecule is CCOc1cc(CN(c2ccc(NC(C)=O)nc2)C2CCNCC2)cc(OCC)c1-c1ccc(F)cc1. The van der Waals surface area contributed by atoms with E-state index in [1.807, 2.05) is 32.2 Å². The number of piperidine rings is 1. The smallest absolute Gasteiger partial charge is 0.222 e. The molecule has 1 aliphatic heterocycles. The van der Waals surface area contributed by atoms with Gasteiger partial charge in [-0.15, -0.1) is 0 Å². The molecule has 7 nitrogen and oxygen atoms in total. The van der Waals surface area contributed by atoms with Gasteiger partial charge in [-0.3, -0.25) is 4.79 Å². The molecule has 0 aliphatic carbocycles. The predicted molar refractivity (Wildman–Crippen MR) is 145 cm³/mol. The van der Waals surface area contributed by atoms with Gasteiger partial charge in [-0.2, -0.15) is 0 Å². The quantitative estimate of drug-likeness (QED) is 0.383. The third-order valence-electron chi connectivity index (χ3n) is 6.34. The van der Waals surface area contributed by atoms with Crippen LogP contribution in [-0.2, 0) is 11.3 Å². The predicted octanol–water partition coefficient (Wildman–Crippen LogP) is 5.40. The van der Waals surface area contributed by atoms with E-state index >= 15 is 0 Å². The number of anilines is 2. The van der Waals surface area contributed by atoms with E-state index < -0.39 is 0 Å². The Balaban J connectivity index is 1.72. The Morgan fingerprint density at radius 1 is 1.05 bits per heavy atom. The molecule has 1 amide bonds. The zero-order valence-electron chi connectivity index (χ0n) is 21.7. The van der Waals surface area contributed by atoms with Crippen LogP contribution in [0.5, 0.6) is 11.5 Å². The molecule has 0 atom stereocenters. The summed E-state index contributed by atoms with van der Waals surface area (Å²) in [6.07, 6.45) is 3.84. The van der Waals surface area contributed by atoms with Crippen molar-refractivity contribution in [3.8, 4) is 22.6 Å². The molecule has 3 aromatic rings. The van der Waals surface area contributed by atoms with Crippen LogP contribution in [0.3, 0.4) is 0 Å². The van der Waals surface area contributed by atoms with Gasteiger partial charge in [-0.25, -0.2) is 9.37 Å². The van der Waals surface area contributed by atoms with Gasteiger partial charge in [0.1, 0.15) is 23.1 Å². The monoisotopic (exact) mass is 506 g/mol. The van der Waals surface area contributed by atoms with Crippen LogP contribution in [0.15, 0.2) is 54.7 Å².